The van der Waals surface area contributed by atoms with Crippen molar-refractivity contribution in [2.24, 2.45) is 0 Å². The van der Waals surface area contributed by atoms with Crippen molar-refractivity contribution in [2.75, 3.05) is 6.54 Å². The number of hydrogen-bond donors (Lipinski definition) is 0. The molecule has 2 aromatic rings. The molecular formula is C20H21ClN2O3. The third-order valence-corrected chi connectivity index (χ3v) is 4.85. The molecule has 1 aromatic carbocycles. The van der Waals surface area contributed by atoms with Gasteiger partial charge in [0.2, 0.25) is 0 Å². The van der Waals surface area contributed by atoms with Crippen LogP contribution in [-0.2, 0) is 22.5 Å². The van der Waals surface area contributed by atoms with Gasteiger partial charge in [-0.15, -0.1) is 0 Å². The van der Waals surface area contributed by atoms with Crippen molar-refractivity contribution in [1.82, 2.24) is 9.88 Å². The van der Waals surface area contributed by atoms with Gasteiger partial charge in [0, 0.05) is 18.8 Å². The van der Waals surface area contributed by atoms with Crippen molar-refractivity contribution in [2.45, 2.75) is 39.8 Å². The predicted octanol–water partition coefficient (Wildman–Crippen LogP) is 3.48. The zero-order valence-corrected chi connectivity index (χ0v) is 15.8. The van der Waals surface area contributed by atoms with E-state index in [1.807, 2.05) is 18.2 Å². The molecule has 0 saturated heterocycles. The molecule has 0 radical (unpaired) electrons. The minimum Gasteiger partial charge on any atom is -0.449 e. The Labute approximate surface area is 157 Å². The van der Waals surface area contributed by atoms with E-state index in [2.05, 4.69) is 11.1 Å². The van der Waals surface area contributed by atoms with E-state index in [4.69, 9.17) is 16.3 Å². The molecule has 2 heterocycles. The Bertz CT molecular complexity index is 843. The molecule has 0 aliphatic carbocycles. The van der Waals surface area contributed by atoms with Gasteiger partial charge in [0.25, 0.3) is 5.91 Å². The van der Waals surface area contributed by atoms with Gasteiger partial charge in [-0.2, -0.15) is 0 Å². The smallest absolute Gasteiger partial charge is 0.342 e. The monoisotopic (exact) mass is 372 g/mol. The maximum absolute atomic E-state index is 12.7. The SMILES string of the molecule is Cc1cc(C)c(C(=O)O[C@@H](C)C(=O)N2CCc3ccccc3C2)c(Cl)n1. The molecule has 0 N–H and O–H groups in total. The predicted molar refractivity (Wildman–Crippen MR) is 99.2 cm³/mol. The highest BCUT2D eigenvalue weighted by Gasteiger charge is 2.28. The standard InChI is InChI=1S/C20H21ClN2O3/c1-12-10-13(2)22-18(21)17(12)20(25)26-14(3)19(24)23-9-8-15-6-4-5-7-16(15)11-23/h4-7,10,14H,8-9,11H2,1-3H3/t14-/m0/s1. The van der Waals surface area contributed by atoms with Gasteiger partial charge in [0.1, 0.15) is 5.15 Å². The minimum absolute atomic E-state index is 0.0963. The number of amides is 1. The van der Waals surface area contributed by atoms with Gasteiger partial charge in [-0.3, -0.25) is 4.79 Å². The first kappa shape index (κ1) is 18.4. The normalized spacial score (nSPS) is 14.5. The van der Waals surface area contributed by atoms with Crippen LogP contribution in [0.3, 0.4) is 0 Å². The lowest BCUT2D eigenvalue weighted by atomic mass is 9.99. The number of carbonyl (C=O) groups excluding carboxylic acids is 2. The van der Waals surface area contributed by atoms with E-state index in [1.54, 1.807) is 31.7 Å². The van der Waals surface area contributed by atoms with Crippen molar-refractivity contribution >= 4 is 23.5 Å². The van der Waals surface area contributed by atoms with Gasteiger partial charge in [-0.05, 0) is 49.9 Å². The van der Waals surface area contributed by atoms with Crippen molar-refractivity contribution in [3.63, 3.8) is 0 Å². The molecule has 0 spiro atoms. The molecule has 1 aliphatic heterocycles. The average Bonchev–Trinajstić information content (AvgIpc) is 2.59. The zero-order chi connectivity index (χ0) is 18.8. The Morgan fingerprint density at radius 2 is 1.92 bits per heavy atom. The number of carbonyl (C=O) groups is 2. The topological polar surface area (TPSA) is 59.5 Å². The summed E-state index contributed by atoms with van der Waals surface area (Å²) in [4.78, 5) is 31.0. The fraction of sp³-hybridized carbons (Fsp3) is 0.350. The van der Waals surface area contributed by atoms with Crippen LogP contribution < -0.4 is 0 Å². The molecule has 1 atom stereocenters. The summed E-state index contributed by atoms with van der Waals surface area (Å²) in [6.07, 6.45) is -0.0837. The summed E-state index contributed by atoms with van der Waals surface area (Å²) in [5.74, 6) is -0.833. The lowest BCUT2D eigenvalue weighted by molar-refractivity contribution is -0.140. The maximum atomic E-state index is 12.7. The minimum atomic E-state index is -0.885. The van der Waals surface area contributed by atoms with Gasteiger partial charge < -0.3 is 9.64 Å². The highest BCUT2D eigenvalue weighted by Crippen LogP contribution is 2.22. The van der Waals surface area contributed by atoms with Crippen molar-refractivity contribution in [3.05, 3.63) is 63.4 Å². The fourth-order valence-electron chi connectivity index (χ4n) is 3.25. The molecule has 136 valence electrons. The van der Waals surface area contributed by atoms with Crippen molar-refractivity contribution in [3.8, 4) is 0 Å². The Morgan fingerprint density at radius 3 is 2.62 bits per heavy atom. The van der Waals surface area contributed by atoms with E-state index in [0.29, 0.717) is 18.7 Å². The van der Waals surface area contributed by atoms with Crippen LogP contribution in [0.5, 0.6) is 0 Å². The van der Waals surface area contributed by atoms with Gasteiger partial charge in [0.15, 0.2) is 6.10 Å². The van der Waals surface area contributed by atoms with Crippen LogP contribution in [0.25, 0.3) is 0 Å². The highest BCUT2D eigenvalue weighted by molar-refractivity contribution is 6.32. The number of pyridine rings is 1. The molecule has 0 bridgehead atoms. The van der Waals surface area contributed by atoms with E-state index in [9.17, 15) is 9.59 Å². The van der Waals surface area contributed by atoms with Crippen LogP contribution in [0.15, 0.2) is 30.3 Å². The van der Waals surface area contributed by atoms with Gasteiger partial charge in [-0.1, -0.05) is 35.9 Å². The lowest BCUT2D eigenvalue weighted by Gasteiger charge is -2.30. The molecule has 6 heteroatoms. The van der Waals surface area contributed by atoms with Gasteiger partial charge in [0.05, 0.1) is 5.56 Å². The molecule has 1 aliphatic rings. The lowest BCUT2D eigenvalue weighted by Crippen LogP contribution is -2.42. The first-order chi connectivity index (χ1) is 12.4. The number of benzene rings is 1. The molecule has 0 fully saturated rings. The molecule has 0 unspecified atom stereocenters. The molecule has 1 aromatic heterocycles. The second-order valence-corrected chi connectivity index (χ2v) is 6.93. The van der Waals surface area contributed by atoms with Crippen LogP contribution in [0.1, 0.15) is 39.7 Å². The number of esters is 1. The van der Waals surface area contributed by atoms with E-state index in [1.165, 1.54) is 5.56 Å². The Kier molecular flexibility index (Phi) is 5.28. The largest absolute Gasteiger partial charge is 0.449 e. The second kappa shape index (κ2) is 7.46. The Balaban J connectivity index is 1.69. The number of fused-ring (bicyclic) bond motifs is 1. The number of halogens is 1. The summed E-state index contributed by atoms with van der Waals surface area (Å²) in [7, 11) is 0. The van der Waals surface area contributed by atoms with Gasteiger partial charge >= 0.3 is 5.97 Å². The maximum Gasteiger partial charge on any atom is 0.342 e. The first-order valence-electron chi connectivity index (χ1n) is 8.57. The Morgan fingerprint density at radius 1 is 1.23 bits per heavy atom. The number of rotatable bonds is 3. The quantitative estimate of drug-likeness (QED) is 0.611. The molecule has 3 rings (SSSR count). The summed E-state index contributed by atoms with van der Waals surface area (Å²) in [6, 6.07) is 9.83. The zero-order valence-electron chi connectivity index (χ0n) is 15.1. The van der Waals surface area contributed by atoms with Crippen LogP contribution >= 0.6 is 11.6 Å². The van der Waals surface area contributed by atoms with Crippen molar-refractivity contribution < 1.29 is 14.3 Å². The molecular weight excluding hydrogens is 352 g/mol. The fourth-order valence-corrected chi connectivity index (χ4v) is 3.61. The van der Waals surface area contributed by atoms with Crippen LogP contribution in [0.4, 0.5) is 0 Å². The molecule has 1 amide bonds. The van der Waals surface area contributed by atoms with E-state index in [0.717, 1.165) is 17.7 Å². The summed E-state index contributed by atoms with van der Waals surface area (Å²) < 4.78 is 5.39. The van der Waals surface area contributed by atoms with Crippen LogP contribution in [0.2, 0.25) is 5.15 Å². The van der Waals surface area contributed by atoms with E-state index >= 15 is 0 Å². The highest BCUT2D eigenvalue weighted by atomic mass is 35.5. The summed E-state index contributed by atoms with van der Waals surface area (Å²) >= 11 is 6.09. The van der Waals surface area contributed by atoms with Crippen LogP contribution in [-0.4, -0.2) is 34.4 Å². The number of ether oxygens (including phenoxy) is 1. The second-order valence-electron chi connectivity index (χ2n) is 6.57. The number of aryl methyl sites for hydroxylation is 2. The number of hydrogen-bond acceptors (Lipinski definition) is 4. The number of aromatic nitrogens is 1. The van der Waals surface area contributed by atoms with E-state index in [-0.39, 0.29) is 16.6 Å². The summed E-state index contributed by atoms with van der Waals surface area (Å²) in [6.45, 7) is 6.30. The molecule has 5 nitrogen and oxygen atoms in total. The first-order valence-corrected chi connectivity index (χ1v) is 8.95. The van der Waals surface area contributed by atoms with Crippen molar-refractivity contribution in [1.29, 1.82) is 0 Å². The summed E-state index contributed by atoms with van der Waals surface area (Å²) in [5, 5.41) is 0.0963. The number of nitrogens with zero attached hydrogens (tertiary/aromatic N) is 2. The van der Waals surface area contributed by atoms with Gasteiger partial charge in [-0.25, -0.2) is 9.78 Å². The third-order valence-electron chi connectivity index (χ3n) is 4.58. The summed E-state index contributed by atoms with van der Waals surface area (Å²) in [5.41, 5.74) is 4.00. The van der Waals surface area contributed by atoms with E-state index < -0.39 is 12.1 Å². The Hall–Kier alpha value is -2.40. The third kappa shape index (κ3) is 3.73. The molecule has 0 saturated carbocycles. The molecule has 26 heavy (non-hydrogen) atoms. The van der Waals surface area contributed by atoms with Crippen LogP contribution in [0, 0.1) is 13.8 Å². The average molecular weight is 373 g/mol.